The average Bonchev–Trinajstić information content (AvgIpc) is 3.46. The Kier molecular flexibility index (Phi) is 7.22. The molecule has 3 aromatic rings. The molecule has 206 valence electrons. The van der Waals surface area contributed by atoms with E-state index in [1.165, 1.54) is 14.2 Å². The van der Waals surface area contributed by atoms with E-state index in [1.807, 2.05) is 18.2 Å². The van der Waals surface area contributed by atoms with Crippen LogP contribution in [0.25, 0.3) is 0 Å². The van der Waals surface area contributed by atoms with Crippen LogP contribution in [0.15, 0.2) is 65.6 Å². The molecule has 2 aliphatic rings. The van der Waals surface area contributed by atoms with Crippen molar-refractivity contribution in [2.45, 2.75) is 23.3 Å². The number of benzene rings is 3. The second kappa shape index (κ2) is 10.6. The van der Waals surface area contributed by atoms with Gasteiger partial charge in [-0.05, 0) is 65.9 Å². The SMILES string of the molecule is COc1ccc(NS(=O)(=O)c2ccc3c(c2)[C@H]2C=CC[C@H]2[C@@H](c2cc(OC)c(OC)c(OC)c2)N3)c(OC)c1. The number of hydrogen-bond acceptors (Lipinski definition) is 8. The largest absolute Gasteiger partial charge is 0.497 e. The van der Waals surface area contributed by atoms with Crippen LogP contribution in [-0.4, -0.2) is 44.0 Å². The number of sulfonamides is 1. The predicted octanol–water partition coefficient (Wildman–Crippen LogP) is 5.36. The minimum Gasteiger partial charge on any atom is -0.497 e. The van der Waals surface area contributed by atoms with Gasteiger partial charge in [0.15, 0.2) is 11.5 Å². The van der Waals surface area contributed by atoms with Gasteiger partial charge < -0.3 is 29.0 Å². The Morgan fingerprint density at radius 2 is 1.54 bits per heavy atom. The van der Waals surface area contributed by atoms with Gasteiger partial charge in [0.1, 0.15) is 11.5 Å². The van der Waals surface area contributed by atoms with E-state index in [9.17, 15) is 8.42 Å². The summed E-state index contributed by atoms with van der Waals surface area (Å²) in [6, 6.07) is 14.0. The van der Waals surface area contributed by atoms with Gasteiger partial charge in [0.05, 0.1) is 52.2 Å². The van der Waals surface area contributed by atoms with E-state index < -0.39 is 10.0 Å². The van der Waals surface area contributed by atoms with Gasteiger partial charge in [0.25, 0.3) is 10.0 Å². The molecule has 3 atom stereocenters. The molecule has 0 spiro atoms. The van der Waals surface area contributed by atoms with E-state index >= 15 is 0 Å². The van der Waals surface area contributed by atoms with E-state index in [2.05, 4.69) is 22.2 Å². The van der Waals surface area contributed by atoms with Crippen LogP contribution in [0.3, 0.4) is 0 Å². The minimum absolute atomic E-state index is 0.0380. The second-order valence-electron chi connectivity index (χ2n) is 9.35. The third-order valence-corrected chi connectivity index (χ3v) is 8.71. The molecule has 1 aliphatic heterocycles. The number of hydrogen-bond donors (Lipinski definition) is 2. The maximum Gasteiger partial charge on any atom is 0.262 e. The lowest BCUT2D eigenvalue weighted by atomic mass is 9.77. The summed E-state index contributed by atoms with van der Waals surface area (Å²) in [5.74, 6) is 2.85. The molecule has 1 heterocycles. The van der Waals surface area contributed by atoms with Gasteiger partial charge in [0.2, 0.25) is 5.75 Å². The zero-order chi connectivity index (χ0) is 27.7. The summed E-state index contributed by atoms with van der Waals surface area (Å²) >= 11 is 0. The normalized spacial score (nSPS) is 19.4. The lowest BCUT2D eigenvalue weighted by Gasteiger charge is -2.38. The van der Waals surface area contributed by atoms with Crippen LogP contribution in [0.2, 0.25) is 0 Å². The Bertz CT molecular complexity index is 1500. The number of rotatable bonds is 9. The Morgan fingerprint density at radius 1 is 0.821 bits per heavy atom. The lowest BCUT2D eigenvalue weighted by molar-refractivity contribution is 0.322. The Hall–Kier alpha value is -4.05. The van der Waals surface area contributed by atoms with Gasteiger partial charge >= 0.3 is 0 Å². The van der Waals surface area contributed by atoms with Crippen LogP contribution in [0.5, 0.6) is 28.7 Å². The molecule has 9 nitrogen and oxygen atoms in total. The van der Waals surface area contributed by atoms with Crippen molar-refractivity contribution in [3.8, 4) is 28.7 Å². The summed E-state index contributed by atoms with van der Waals surface area (Å²) in [5.41, 5.74) is 3.14. The van der Waals surface area contributed by atoms with Crippen molar-refractivity contribution in [1.82, 2.24) is 0 Å². The van der Waals surface area contributed by atoms with Crippen LogP contribution in [0.1, 0.15) is 29.5 Å². The van der Waals surface area contributed by atoms with Crippen molar-refractivity contribution in [1.29, 1.82) is 0 Å². The fraction of sp³-hybridized carbons (Fsp3) is 0.310. The monoisotopic (exact) mass is 552 g/mol. The molecule has 2 N–H and O–H groups in total. The molecule has 0 bridgehead atoms. The van der Waals surface area contributed by atoms with Crippen molar-refractivity contribution < 1.29 is 32.1 Å². The molecule has 0 radical (unpaired) electrons. The molecule has 3 aromatic carbocycles. The summed E-state index contributed by atoms with van der Waals surface area (Å²) < 4.78 is 56.7. The smallest absolute Gasteiger partial charge is 0.262 e. The highest BCUT2D eigenvalue weighted by atomic mass is 32.2. The first-order valence-electron chi connectivity index (χ1n) is 12.5. The van der Waals surface area contributed by atoms with Gasteiger partial charge in [-0.2, -0.15) is 0 Å². The average molecular weight is 553 g/mol. The van der Waals surface area contributed by atoms with Gasteiger partial charge in [-0.3, -0.25) is 4.72 Å². The predicted molar refractivity (Wildman–Crippen MR) is 149 cm³/mol. The maximum atomic E-state index is 13.4. The molecule has 0 saturated carbocycles. The zero-order valence-corrected chi connectivity index (χ0v) is 23.3. The van der Waals surface area contributed by atoms with Crippen LogP contribution >= 0.6 is 0 Å². The number of allylic oxidation sites excluding steroid dienone is 2. The van der Waals surface area contributed by atoms with Crippen LogP contribution < -0.4 is 33.7 Å². The van der Waals surface area contributed by atoms with Gasteiger partial charge in [-0.25, -0.2) is 8.42 Å². The summed E-state index contributed by atoms with van der Waals surface area (Å²) in [4.78, 5) is 0.172. The number of nitrogens with one attached hydrogen (secondary N) is 2. The maximum absolute atomic E-state index is 13.4. The number of ether oxygens (including phenoxy) is 5. The fourth-order valence-corrected chi connectivity index (χ4v) is 6.54. The molecule has 0 fully saturated rings. The first kappa shape index (κ1) is 26.6. The van der Waals surface area contributed by atoms with E-state index in [-0.39, 0.29) is 22.8 Å². The van der Waals surface area contributed by atoms with Crippen molar-refractivity contribution in [3.63, 3.8) is 0 Å². The van der Waals surface area contributed by atoms with E-state index in [1.54, 1.807) is 51.7 Å². The summed E-state index contributed by atoms with van der Waals surface area (Å²) in [7, 11) is 3.91. The molecule has 0 saturated heterocycles. The van der Waals surface area contributed by atoms with Crippen molar-refractivity contribution in [2.24, 2.45) is 5.92 Å². The molecule has 0 amide bonds. The van der Waals surface area contributed by atoms with E-state index in [0.29, 0.717) is 34.4 Å². The molecular weight excluding hydrogens is 520 g/mol. The highest BCUT2D eigenvalue weighted by molar-refractivity contribution is 7.92. The Labute approximate surface area is 228 Å². The highest BCUT2D eigenvalue weighted by Crippen LogP contribution is 2.52. The molecule has 39 heavy (non-hydrogen) atoms. The molecule has 1 aliphatic carbocycles. The number of fused-ring (bicyclic) bond motifs is 3. The quantitative estimate of drug-likeness (QED) is 0.342. The number of methoxy groups -OCH3 is 5. The van der Waals surface area contributed by atoms with Crippen LogP contribution in [0.4, 0.5) is 11.4 Å². The van der Waals surface area contributed by atoms with Gasteiger partial charge in [0, 0.05) is 17.7 Å². The second-order valence-corrected chi connectivity index (χ2v) is 11.0. The third-order valence-electron chi connectivity index (χ3n) is 7.34. The number of anilines is 2. The summed E-state index contributed by atoms with van der Waals surface area (Å²) in [6.07, 6.45) is 5.15. The van der Waals surface area contributed by atoms with Gasteiger partial charge in [-0.15, -0.1) is 0 Å². The molecule has 5 rings (SSSR count). The topological polar surface area (TPSA) is 104 Å². The summed E-state index contributed by atoms with van der Waals surface area (Å²) in [5, 5.41) is 3.64. The molecular formula is C29H32N2O7S. The first-order valence-corrected chi connectivity index (χ1v) is 13.9. The highest BCUT2D eigenvalue weighted by Gasteiger charge is 2.39. The summed E-state index contributed by atoms with van der Waals surface area (Å²) in [6.45, 7) is 0. The Morgan fingerprint density at radius 3 is 2.18 bits per heavy atom. The van der Waals surface area contributed by atoms with E-state index in [0.717, 1.165) is 23.2 Å². The van der Waals surface area contributed by atoms with Crippen molar-refractivity contribution in [3.05, 3.63) is 71.8 Å². The third kappa shape index (κ3) is 4.80. The van der Waals surface area contributed by atoms with Crippen LogP contribution in [0, 0.1) is 5.92 Å². The molecule has 0 aromatic heterocycles. The fourth-order valence-electron chi connectivity index (χ4n) is 5.44. The first-order chi connectivity index (χ1) is 18.8. The van der Waals surface area contributed by atoms with Crippen molar-refractivity contribution >= 4 is 21.4 Å². The lowest BCUT2D eigenvalue weighted by Crippen LogP contribution is -2.29. The minimum atomic E-state index is -3.89. The standard InChI is InChI=1S/C29H32N2O7S/c1-34-18-9-11-24(25(15-18)35-2)31-39(32,33)19-10-12-23-22(16-19)20-7-6-8-21(20)28(30-23)17-13-26(36-3)29(38-5)27(14-17)37-4/h6-7,9-16,20-21,28,30-31H,8H2,1-5H3/t20-,21+,28+/m0/s1. The zero-order valence-electron chi connectivity index (χ0n) is 22.5. The van der Waals surface area contributed by atoms with Crippen molar-refractivity contribution in [2.75, 3.05) is 45.6 Å². The molecule has 0 unspecified atom stereocenters. The van der Waals surface area contributed by atoms with Gasteiger partial charge in [-0.1, -0.05) is 12.2 Å². The molecule has 10 heteroatoms. The Balaban J connectivity index is 1.49. The van der Waals surface area contributed by atoms with Crippen LogP contribution in [-0.2, 0) is 10.0 Å². The van der Waals surface area contributed by atoms with E-state index in [4.69, 9.17) is 23.7 Å².